The maximum Gasteiger partial charge on any atom is 0.248 e. The number of amides is 2. The number of rotatable bonds is 16. The number of nitrogens with two attached hydrogens (primary N) is 2. The number of morpholine rings is 1. The molecule has 0 unspecified atom stereocenters. The topological polar surface area (TPSA) is 201 Å². The van der Waals surface area contributed by atoms with Gasteiger partial charge in [-0.1, -0.05) is 12.2 Å². The van der Waals surface area contributed by atoms with Crippen LogP contribution >= 0.6 is 0 Å². The first-order valence-corrected chi connectivity index (χ1v) is 21.7. The third-order valence-electron chi connectivity index (χ3n) is 11.9. The molecule has 1 aliphatic rings. The van der Waals surface area contributed by atoms with Crippen LogP contribution in [0.25, 0.3) is 66.6 Å². The molecule has 0 aliphatic carbocycles. The summed E-state index contributed by atoms with van der Waals surface area (Å²) in [4.78, 5) is 42.5. The summed E-state index contributed by atoms with van der Waals surface area (Å²) < 4.78 is 26.1. The summed E-state index contributed by atoms with van der Waals surface area (Å²) in [7, 11) is 1.59. The van der Waals surface area contributed by atoms with Crippen molar-refractivity contribution < 1.29 is 23.8 Å². The van der Waals surface area contributed by atoms with Crippen LogP contribution in [0.2, 0.25) is 0 Å². The molecule has 17 heteroatoms. The maximum atomic E-state index is 12.8. The number of carbonyl (C=O) groups is 2. The van der Waals surface area contributed by atoms with Crippen molar-refractivity contribution in [2.45, 2.75) is 60.3 Å². The van der Waals surface area contributed by atoms with Gasteiger partial charge in [-0.2, -0.15) is 10.2 Å². The van der Waals surface area contributed by atoms with Crippen LogP contribution < -0.4 is 20.9 Å². The number of nitrogens with zero attached hydrogens (tertiary/aromatic N) is 10. The van der Waals surface area contributed by atoms with E-state index in [1.165, 1.54) is 0 Å². The molecule has 6 aromatic heterocycles. The van der Waals surface area contributed by atoms with E-state index in [9.17, 15) is 9.59 Å². The van der Waals surface area contributed by atoms with Gasteiger partial charge in [-0.25, -0.2) is 9.97 Å². The van der Waals surface area contributed by atoms with Crippen LogP contribution in [0.15, 0.2) is 67.0 Å². The van der Waals surface area contributed by atoms with Crippen LogP contribution in [-0.2, 0) is 30.9 Å². The third-order valence-corrected chi connectivity index (χ3v) is 11.9. The van der Waals surface area contributed by atoms with Gasteiger partial charge in [0, 0.05) is 90.9 Å². The molecule has 8 aromatic rings. The summed E-state index contributed by atoms with van der Waals surface area (Å²) in [5.41, 5.74) is 19.8. The molecule has 0 atom stereocenters. The molecule has 1 fully saturated rings. The number of allylic oxidation sites excluding steroid dienone is 2. The van der Waals surface area contributed by atoms with E-state index in [4.69, 9.17) is 40.6 Å². The Hall–Kier alpha value is -7.11. The van der Waals surface area contributed by atoms with Crippen molar-refractivity contribution in [1.29, 1.82) is 0 Å². The lowest BCUT2D eigenvalue weighted by atomic mass is 10.1. The van der Waals surface area contributed by atoms with E-state index in [-0.39, 0.29) is 0 Å². The Balaban J connectivity index is 1.15. The number of primary amides is 2. The first-order chi connectivity index (χ1) is 31.1. The van der Waals surface area contributed by atoms with E-state index >= 15 is 0 Å². The van der Waals surface area contributed by atoms with Gasteiger partial charge in [0.2, 0.25) is 11.8 Å². The first kappa shape index (κ1) is 42.2. The number of benzene rings is 2. The third kappa shape index (κ3) is 7.81. The molecule has 330 valence electrons. The highest BCUT2D eigenvalue weighted by Gasteiger charge is 2.23. The lowest BCUT2D eigenvalue weighted by Crippen LogP contribution is -2.37. The van der Waals surface area contributed by atoms with Crippen LogP contribution in [-0.4, -0.2) is 107 Å². The maximum absolute atomic E-state index is 12.8. The van der Waals surface area contributed by atoms with Crippen molar-refractivity contribution in [3.63, 3.8) is 0 Å². The van der Waals surface area contributed by atoms with Crippen molar-refractivity contribution in [2.75, 3.05) is 46.6 Å². The minimum atomic E-state index is -0.557. The van der Waals surface area contributed by atoms with Crippen LogP contribution in [0.4, 0.5) is 0 Å². The highest BCUT2D eigenvalue weighted by Crippen LogP contribution is 2.39. The number of carbonyl (C=O) groups excluding carboxylic acids is 2. The lowest BCUT2D eigenvalue weighted by Gasteiger charge is -2.26. The van der Waals surface area contributed by atoms with Crippen molar-refractivity contribution in [3.8, 4) is 34.4 Å². The second-order valence-electron chi connectivity index (χ2n) is 16.0. The van der Waals surface area contributed by atoms with E-state index in [1.54, 1.807) is 37.6 Å². The van der Waals surface area contributed by atoms with Gasteiger partial charge in [-0.15, -0.1) is 0 Å². The summed E-state index contributed by atoms with van der Waals surface area (Å²) in [5.74, 6) is 0.472. The van der Waals surface area contributed by atoms with Crippen molar-refractivity contribution in [1.82, 2.24) is 48.5 Å². The molecular weight excluding hydrogens is 813 g/mol. The predicted octanol–water partition coefficient (Wildman–Crippen LogP) is 6.03. The normalized spacial score (nSPS) is 13.6. The van der Waals surface area contributed by atoms with E-state index in [2.05, 4.69) is 49.4 Å². The Morgan fingerprint density at radius 3 is 2.03 bits per heavy atom. The fourth-order valence-electron chi connectivity index (χ4n) is 8.85. The number of methoxy groups -OCH3 is 1. The van der Waals surface area contributed by atoms with Crippen LogP contribution in [0.1, 0.15) is 52.4 Å². The smallest absolute Gasteiger partial charge is 0.248 e. The summed E-state index contributed by atoms with van der Waals surface area (Å²) in [6.07, 6.45) is 8.61. The number of fused-ring (bicyclic) bond motifs is 6. The fraction of sp³-hybridized carbons (Fsp3) is 0.340. The average molecular weight is 865 g/mol. The monoisotopic (exact) mass is 864 g/mol. The number of hydrogen-bond donors (Lipinski definition) is 2. The average Bonchev–Trinajstić information content (AvgIpc) is 4.06. The fourth-order valence-corrected chi connectivity index (χ4v) is 8.85. The van der Waals surface area contributed by atoms with Crippen molar-refractivity contribution >= 4 is 55.6 Å². The molecule has 2 aromatic carbocycles. The Kier molecular flexibility index (Phi) is 11.6. The van der Waals surface area contributed by atoms with Gasteiger partial charge in [0.05, 0.1) is 66.3 Å². The van der Waals surface area contributed by atoms with E-state index in [0.717, 1.165) is 106 Å². The zero-order valence-electron chi connectivity index (χ0n) is 36.8. The van der Waals surface area contributed by atoms with Gasteiger partial charge in [0.15, 0.2) is 5.82 Å². The molecule has 0 saturated carbocycles. The summed E-state index contributed by atoms with van der Waals surface area (Å²) in [6, 6.07) is 13.1. The lowest BCUT2D eigenvalue weighted by molar-refractivity contribution is 0.0358. The second kappa shape index (κ2) is 17.6. The predicted molar refractivity (Wildman–Crippen MR) is 246 cm³/mol. The Morgan fingerprint density at radius 1 is 0.750 bits per heavy atom. The largest absolute Gasteiger partial charge is 0.495 e. The Morgan fingerprint density at radius 2 is 1.36 bits per heavy atom. The van der Waals surface area contributed by atoms with Gasteiger partial charge >= 0.3 is 0 Å². The molecule has 64 heavy (non-hydrogen) atoms. The highest BCUT2D eigenvalue weighted by molar-refractivity contribution is 6.13. The van der Waals surface area contributed by atoms with Crippen LogP contribution in [0.3, 0.4) is 0 Å². The molecule has 17 nitrogen and oxygen atoms in total. The molecule has 1 saturated heterocycles. The number of pyridine rings is 1. The van der Waals surface area contributed by atoms with E-state index < -0.39 is 11.8 Å². The Bertz CT molecular complexity index is 3110. The SMILES string of the molecule is CCn1nc(C)cc1-c1cc2c(cn1)c1cc(C(N)=O)cc(OC)c1n2C/C=C/Cn1c2nc(-c3cc(C)nn3CC)ncc2c2cc(C(N)=O)cc(OCCCN3CCOCC3)c21. The highest BCUT2D eigenvalue weighted by atomic mass is 16.5. The molecule has 1 aliphatic heterocycles. The van der Waals surface area contributed by atoms with Crippen LogP contribution in [0.5, 0.6) is 11.5 Å². The van der Waals surface area contributed by atoms with Gasteiger partial charge in [0.25, 0.3) is 0 Å². The quantitative estimate of drug-likeness (QED) is 0.0848. The second-order valence-corrected chi connectivity index (χ2v) is 16.0. The number of aryl methyl sites for hydroxylation is 4. The molecule has 0 radical (unpaired) electrons. The number of aromatic nitrogens is 9. The molecule has 7 heterocycles. The first-order valence-electron chi connectivity index (χ1n) is 21.7. The van der Waals surface area contributed by atoms with Crippen LogP contribution in [0, 0.1) is 13.8 Å². The van der Waals surface area contributed by atoms with Gasteiger partial charge in [-0.05, 0) is 76.6 Å². The molecule has 4 N–H and O–H groups in total. The zero-order chi connectivity index (χ0) is 44.6. The van der Waals surface area contributed by atoms with Gasteiger partial charge in [-0.3, -0.25) is 28.8 Å². The van der Waals surface area contributed by atoms with Gasteiger partial charge in [0.1, 0.15) is 22.8 Å². The Labute approximate surface area is 369 Å². The van der Waals surface area contributed by atoms with Gasteiger partial charge < -0.3 is 34.8 Å². The van der Waals surface area contributed by atoms with E-state index in [0.29, 0.717) is 66.9 Å². The zero-order valence-corrected chi connectivity index (χ0v) is 36.8. The number of ether oxygens (including phenoxy) is 3. The molecular formula is C47H52N12O5. The minimum absolute atomic E-state index is 0.333. The minimum Gasteiger partial charge on any atom is -0.495 e. The van der Waals surface area contributed by atoms with E-state index in [1.807, 2.05) is 48.5 Å². The van der Waals surface area contributed by atoms with Crippen molar-refractivity contribution in [2.24, 2.45) is 11.5 Å². The number of hydrogen-bond acceptors (Lipinski definition) is 11. The summed E-state index contributed by atoms with van der Waals surface area (Å²) in [5, 5.41) is 12.5. The van der Waals surface area contributed by atoms with Crippen molar-refractivity contribution in [3.05, 3.63) is 89.5 Å². The molecule has 9 rings (SSSR count). The molecule has 2 amide bonds. The summed E-state index contributed by atoms with van der Waals surface area (Å²) in [6.45, 7) is 14.7. The molecule has 0 bridgehead atoms. The molecule has 0 spiro atoms. The summed E-state index contributed by atoms with van der Waals surface area (Å²) >= 11 is 0. The standard InChI is InChI=1S/C47H52N12O5/c1-6-58-38(19-28(3)53-58)36-25-37-34(26-50-36)32-21-30(44(48)60)23-40(62-5)42(32)56(37)12-8-9-13-57-43-33(35-27-51-46(52-47(35)57)39-20-29(4)54-59(39)7-2)22-31(45(49)61)24-41(43)64-16-10-11-55-14-17-63-18-15-55/h8-9,19-27H,6-7,10-18H2,1-5H3,(H2,48,60)(H2,49,61)/b9-8+.